The zero-order chi connectivity index (χ0) is 14.8. The maximum Gasteiger partial charge on any atom is 0.276 e. The quantitative estimate of drug-likeness (QED) is 0.651. The molecule has 0 radical (unpaired) electrons. The van der Waals surface area contributed by atoms with Crippen LogP contribution in [0.25, 0.3) is 6.08 Å². The standard InChI is InChI=1S/C16H18N2O2S/c19-13-8-4-5-11(9-13)10-14-15(20)18(16(21)17-14)12-6-2-1-3-7-12/h4-5,8-10,12,19H,1-3,6-7H2,(H,17,21)/b14-10+. The molecule has 0 atom stereocenters. The Morgan fingerprint density at radius 1 is 1.29 bits per heavy atom. The Morgan fingerprint density at radius 2 is 2.05 bits per heavy atom. The predicted molar refractivity (Wildman–Crippen MR) is 85.5 cm³/mol. The van der Waals surface area contributed by atoms with E-state index in [9.17, 15) is 9.90 Å². The Morgan fingerprint density at radius 3 is 2.76 bits per heavy atom. The van der Waals surface area contributed by atoms with Crippen LogP contribution in [0.1, 0.15) is 37.7 Å². The second-order valence-corrected chi connectivity index (χ2v) is 5.94. The molecule has 0 unspecified atom stereocenters. The van der Waals surface area contributed by atoms with Crippen LogP contribution >= 0.6 is 12.2 Å². The van der Waals surface area contributed by atoms with Crippen LogP contribution in [0.15, 0.2) is 30.0 Å². The summed E-state index contributed by atoms with van der Waals surface area (Å²) in [5.74, 6) is 0.122. The first kappa shape index (κ1) is 14.1. The van der Waals surface area contributed by atoms with Gasteiger partial charge in [-0.2, -0.15) is 0 Å². The van der Waals surface area contributed by atoms with E-state index in [1.165, 1.54) is 6.42 Å². The molecule has 1 aliphatic carbocycles. The lowest BCUT2D eigenvalue weighted by Crippen LogP contribution is -2.41. The van der Waals surface area contributed by atoms with Crippen molar-refractivity contribution in [1.82, 2.24) is 10.2 Å². The van der Waals surface area contributed by atoms with E-state index in [1.807, 2.05) is 6.07 Å². The predicted octanol–water partition coefficient (Wildman–Crippen LogP) is 2.78. The van der Waals surface area contributed by atoms with Crippen molar-refractivity contribution in [1.29, 1.82) is 0 Å². The van der Waals surface area contributed by atoms with Crippen LogP contribution < -0.4 is 5.32 Å². The summed E-state index contributed by atoms with van der Waals surface area (Å²) in [6.07, 6.45) is 7.33. The summed E-state index contributed by atoms with van der Waals surface area (Å²) < 4.78 is 0. The van der Waals surface area contributed by atoms with Gasteiger partial charge in [0.1, 0.15) is 11.4 Å². The fraction of sp³-hybridized carbons (Fsp3) is 0.375. The third-order valence-corrected chi connectivity index (χ3v) is 4.33. The molecular weight excluding hydrogens is 284 g/mol. The number of thiocarbonyl (C=S) groups is 1. The van der Waals surface area contributed by atoms with Gasteiger partial charge in [-0.1, -0.05) is 31.4 Å². The van der Waals surface area contributed by atoms with Crippen molar-refractivity contribution in [2.24, 2.45) is 0 Å². The van der Waals surface area contributed by atoms with Crippen LogP contribution in [0.2, 0.25) is 0 Å². The lowest BCUT2D eigenvalue weighted by Gasteiger charge is -2.29. The molecule has 0 bridgehead atoms. The highest BCUT2D eigenvalue weighted by molar-refractivity contribution is 7.80. The Hall–Kier alpha value is -1.88. The average Bonchev–Trinajstić information content (AvgIpc) is 2.74. The smallest absolute Gasteiger partial charge is 0.276 e. The van der Waals surface area contributed by atoms with Crippen molar-refractivity contribution >= 4 is 29.3 Å². The van der Waals surface area contributed by atoms with Crippen molar-refractivity contribution < 1.29 is 9.90 Å². The molecule has 21 heavy (non-hydrogen) atoms. The number of carbonyl (C=O) groups excluding carboxylic acids is 1. The summed E-state index contributed by atoms with van der Waals surface area (Å²) in [6.45, 7) is 0. The first-order valence-corrected chi connectivity index (χ1v) is 7.71. The van der Waals surface area contributed by atoms with Crippen LogP contribution in [0, 0.1) is 0 Å². The lowest BCUT2D eigenvalue weighted by atomic mass is 9.94. The number of amides is 1. The van der Waals surface area contributed by atoms with Gasteiger partial charge in [0.15, 0.2) is 5.11 Å². The van der Waals surface area contributed by atoms with Crippen molar-refractivity contribution in [3.05, 3.63) is 35.5 Å². The molecule has 4 nitrogen and oxygen atoms in total. The Labute approximate surface area is 129 Å². The Kier molecular flexibility index (Phi) is 3.92. The van der Waals surface area contributed by atoms with Gasteiger partial charge in [0, 0.05) is 6.04 Å². The number of phenols is 1. The van der Waals surface area contributed by atoms with Gasteiger partial charge >= 0.3 is 0 Å². The minimum Gasteiger partial charge on any atom is -0.508 e. The Bertz CT molecular complexity index is 606. The summed E-state index contributed by atoms with van der Waals surface area (Å²) in [5.41, 5.74) is 1.26. The maximum atomic E-state index is 12.5. The molecular formula is C16H18N2O2S. The molecule has 1 saturated heterocycles. The van der Waals surface area contributed by atoms with E-state index >= 15 is 0 Å². The van der Waals surface area contributed by atoms with E-state index in [2.05, 4.69) is 5.32 Å². The molecule has 3 rings (SSSR count). The summed E-state index contributed by atoms with van der Waals surface area (Å²) in [5, 5.41) is 13.0. The topological polar surface area (TPSA) is 52.6 Å². The third-order valence-electron chi connectivity index (χ3n) is 4.03. The first-order valence-electron chi connectivity index (χ1n) is 7.30. The second kappa shape index (κ2) is 5.85. The zero-order valence-corrected chi connectivity index (χ0v) is 12.5. The highest BCUT2D eigenvalue weighted by Crippen LogP contribution is 2.27. The molecule has 5 heteroatoms. The van der Waals surface area contributed by atoms with E-state index in [0.29, 0.717) is 10.8 Å². The molecule has 1 aliphatic heterocycles. The number of rotatable bonds is 2. The van der Waals surface area contributed by atoms with Gasteiger partial charge in [-0.15, -0.1) is 0 Å². The molecule has 1 heterocycles. The zero-order valence-electron chi connectivity index (χ0n) is 11.7. The van der Waals surface area contributed by atoms with Crippen molar-refractivity contribution in [2.75, 3.05) is 0 Å². The maximum absolute atomic E-state index is 12.5. The van der Waals surface area contributed by atoms with Crippen LogP contribution in [-0.2, 0) is 4.79 Å². The van der Waals surface area contributed by atoms with Gasteiger partial charge in [-0.3, -0.25) is 9.69 Å². The molecule has 1 aromatic rings. The largest absolute Gasteiger partial charge is 0.508 e. The number of nitrogens with zero attached hydrogens (tertiary/aromatic N) is 1. The molecule has 2 N–H and O–H groups in total. The summed E-state index contributed by atoms with van der Waals surface area (Å²) in [4.78, 5) is 14.3. The minimum atomic E-state index is -0.0600. The molecule has 1 amide bonds. The second-order valence-electron chi connectivity index (χ2n) is 5.55. The number of phenolic OH excluding ortho intramolecular Hbond substituents is 1. The number of aromatic hydroxyl groups is 1. The molecule has 1 saturated carbocycles. The van der Waals surface area contributed by atoms with E-state index < -0.39 is 0 Å². The molecule has 0 aromatic heterocycles. The highest BCUT2D eigenvalue weighted by atomic mass is 32.1. The number of nitrogens with one attached hydrogen (secondary N) is 1. The van der Waals surface area contributed by atoms with E-state index in [-0.39, 0.29) is 17.7 Å². The average molecular weight is 302 g/mol. The van der Waals surface area contributed by atoms with Crippen LogP contribution in [0.4, 0.5) is 0 Å². The number of benzene rings is 1. The summed E-state index contributed by atoms with van der Waals surface area (Å²) in [6, 6.07) is 7.03. The highest BCUT2D eigenvalue weighted by Gasteiger charge is 2.36. The van der Waals surface area contributed by atoms with Crippen LogP contribution in [0.3, 0.4) is 0 Å². The van der Waals surface area contributed by atoms with E-state index in [4.69, 9.17) is 12.2 Å². The molecule has 2 fully saturated rings. The summed E-state index contributed by atoms with van der Waals surface area (Å²) in [7, 11) is 0. The normalized spacial score (nSPS) is 21.9. The monoisotopic (exact) mass is 302 g/mol. The van der Waals surface area contributed by atoms with Crippen molar-refractivity contribution in [3.8, 4) is 5.75 Å². The summed E-state index contributed by atoms with van der Waals surface area (Å²) >= 11 is 5.32. The number of hydrogen-bond donors (Lipinski definition) is 2. The lowest BCUT2D eigenvalue weighted by molar-refractivity contribution is -0.124. The third kappa shape index (κ3) is 2.93. The number of hydrogen-bond acceptors (Lipinski definition) is 3. The van der Waals surface area contributed by atoms with Crippen molar-refractivity contribution in [2.45, 2.75) is 38.1 Å². The van der Waals surface area contributed by atoms with Gasteiger partial charge < -0.3 is 10.4 Å². The molecule has 110 valence electrons. The SMILES string of the molecule is O=C1/C(=C\c2cccc(O)c2)NC(=S)N1C1CCCCC1. The first-order chi connectivity index (χ1) is 10.1. The van der Waals surface area contributed by atoms with Crippen LogP contribution in [-0.4, -0.2) is 27.1 Å². The number of carbonyl (C=O) groups is 1. The fourth-order valence-corrected chi connectivity index (χ4v) is 3.34. The molecule has 1 aromatic carbocycles. The van der Waals surface area contributed by atoms with Crippen molar-refractivity contribution in [3.63, 3.8) is 0 Å². The van der Waals surface area contributed by atoms with E-state index in [1.54, 1.807) is 29.2 Å². The van der Waals surface area contributed by atoms with Gasteiger partial charge in [0.05, 0.1) is 0 Å². The minimum absolute atomic E-state index is 0.0600. The molecule has 0 spiro atoms. The fourth-order valence-electron chi connectivity index (χ4n) is 3.00. The van der Waals surface area contributed by atoms with Gasteiger partial charge in [-0.05, 0) is 48.8 Å². The van der Waals surface area contributed by atoms with E-state index in [0.717, 1.165) is 31.2 Å². The Balaban J connectivity index is 1.82. The van der Waals surface area contributed by atoms with Crippen LogP contribution in [0.5, 0.6) is 5.75 Å². The molecule has 2 aliphatic rings. The van der Waals surface area contributed by atoms with Gasteiger partial charge in [0.25, 0.3) is 5.91 Å². The van der Waals surface area contributed by atoms with Gasteiger partial charge in [-0.25, -0.2) is 0 Å². The van der Waals surface area contributed by atoms with Gasteiger partial charge in [0.2, 0.25) is 0 Å².